The first-order valence-electron chi connectivity index (χ1n) is 6.83. The molecule has 0 aliphatic carbocycles. The highest BCUT2D eigenvalue weighted by atomic mass is 32.2. The Kier molecular flexibility index (Phi) is 5.17. The van der Waals surface area contributed by atoms with Crippen LogP contribution in [0, 0.1) is 11.3 Å². The molecule has 0 spiro atoms. The zero-order chi connectivity index (χ0) is 16.1. The summed E-state index contributed by atoms with van der Waals surface area (Å²) < 4.78 is 0. The topological polar surface area (TPSA) is 94.3 Å². The van der Waals surface area contributed by atoms with Crippen LogP contribution in [-0.4, -0.2) is 38.7 Å². The number of hydrogen-bond acceptors (Lipinski definition) is 5. The van der Waals surface area contributed by atoms with Gasteiger partial charge in [-0.3, -0.25) is 9.78 Å². The van der Waals surface area contributed by atoms with Crippen LogP contribution in [-0.2, 0) is 16.0 Å². The van der Waals surface area contributed by atoms with Crippen molar-refractivity contribution >= 4 is 23.6 Å². The van der Waals surface area contributed by atoms with Gasteiger partial charge < -0.3 is 10.0 Å². The number of aliphatic carboxylic acids is 1. The molecule has 7 heteroatoms. The van der Waals surface area contributed by atoms with Crippen molar-refractivity contribution in [3.05, 3.63) is 40.7 Å². The van der Waals surface area contributed by atoms with E-state index in [0.717, 1.165) is 17.3 Å². The van der Waals surface area contributed by atoms with E-state index in [2.05, 4.69) is 4.98 Å². The van der Waals surface area contributed by atoms with Crippen molar-refractivity contribution in [2.24, 2.45) is 0 Å². The maximum absolute atomic E-state index is 12.4. The number of hydrogen-bond donors (Lipinski definition) is 1. The van der Waals surface area contributed by atoms with E-state index in [1.807, 2.05) is 12.1 Å². The molecule has 0 saturated carbocycles. The normalized spacial score (nSPS) is 19.9. The number of aromatic nitrogens is 1. The van der Waals surface area contributed by atoms with Gasteiger partial charge in [0.15, 0.2) is 5.57 Å². The summed E-state index contributed by atoms with van der Waals surface area (Å²) in [6.07, 6.45) is 4.69. The zero-order valence-corrected chi connectivity index (χ0v) is 12.8. The second-order valence-corrected chi connectivity index (χ2v) is 5.88. The first-order valence-corrected chi connectivity index (χ1v) is 7.71. The van der Waals surface area contributed by atoms with E-state index in [4.69, 9.17) is 10.4 Å². The van der Waals surface area contributed by atoms with Gasteiger partial charge in [0.1, 0.15) is 11.1 Å². The Bertz CT molecular complexity index is 652. The summed E-state index contributed by atoms with van der Waals surface area (Å²) in [7, 11) is 0. The quantitative estimate of drug-likeness (QED) is 0.657. The molecule has 1 fully saturated rings. The molecule has 1 amide bonds. The first-order chi connectivity index (χ1) is 10.6. The van der Waals surface area contributed by atoms with Crippen molar-refractivity contribution in [3.8, 4) is 6.07 Å². The van der Waals surface area contributed by atoms with Crippen molar-refractivity contribution in [1.82, 2.24) is 9.88 Å². The molecule has 1 aromatic heterocycles. The maximum atomic E-state index is 12.4. The van der Waals surface area contributed by atoms with Gasteiger partial charge in [-0.05, 0) is 31.4 Å². The van der Waals surface area contributed by atoms with Crippen LogP contribution in [0.25, 0.3) is 0 Å². The molecule has 1 aromatic rings. The Morgan fingerprint density at radius 3 is 2.91 bits per heavy atom. The van der Waals surface area contributed by atoms with Gasteiger partial charge in [-0.1, -0.05) is 17.8 Å². The Balaban J connectivity index is 2.17. The number of rotatable bonds is 5. The van der Waals surface area contributed by atoms with Crippen molar-refractivity contribution in [2.45, 2.75) is 25.0 Å². The van der Waals surface area contributed by atoms with Gasteiger partial charge in [-0.15, -0.1) is 0 Å². The fraction of sp³-hybridized carbons (Fsp3) is 0.333. The number of nitrogens with zero attached hydrogens (tertiary/aromatic N) is 3. The largest absolute Gasteiger partial charge is 0.477 e. The summed E-state index contributed by atoms with van der Waals surface area (Å²) in [5, 5.41) is 18.0. The van der Waals surface area contributed by atoms with Crippen LogP contribution in [0.5, 0.6) is 0 Å². The highest BCUT2D eigenvalue weighted by molar-refractivity contribution is 8.04. The van der Waals surface area contributed by atoms with E-state index in [1.54, 1.807) is 25.4 Å². The Morgan fingerprint density at radius 2 is 2.36 bits per heavy atom. The van der Waals surface area contributed by atoms with E-state index >= 15 is 0 Å². The van der Waals surface area contributed by atoms with Crippen LogP contribution in [0.4, 0.5) is 0 Å². The maximum Gasteiger partial charge on any atom is 0.349 e. The average Bonchev–Trinajstić information content (AvgIpc) is 2.82. The monoisotopic (exact) mass is 317 g/mol. The number of carboxylic acids is 1. The molecule has 1 unspecified atom stereocenters. The number of pyridine rings is 1. The minimum atomic E-state index is -1.30. The van der Waals surface area contributed by atoms with Crippen molar-refractivity contribution in [1.29, 1.82) is 5.26 Å². The van der Waals surface area contributed by atoms with Gasteiger partial charge in [0.25, 0.3) is 0 Å². The van der Waals surface area contributed by atoms with Gasteiger partial charge in [0.2, 0.25) is 5.91 Å². The first kappa shape index (κ1) is 16.0. The van der Waals surface area contributed by atoms with E-state index in [-0.39, 0.29) is 21.8 Å². The number of thioether (sulfide) groups is 1. The van der Waals surface area contributed by atoms with E-state index in [0.29, 0.717) is 19.4 Å². The molecule has 0 bridgehead atoms. The number of aryl methyl sites for hydroxylation is 1. The summed E-state index contributed by atoms with van der Waals surface area (Å²) in [4.78, 5) is 28.9. The number of carbonyl (C=O) groups is 2. The van der Waals surface area contributed by atoms with Gasteiger partial charge in [-0.2, -0.15) is 5.26 Å². The Hall–Kier alpha value is -2.33. The van der Waals surface area contributed by atoms with Crippen LogP contribution in [0.1, 0.15) is 18.9 Å². The summed E-state index contributed by atoms with van der Waals surface area (Å²) in [5.41, 5.74) is 0.652. The molecular weight excluding hydrogens is 302 g/mol. The van der Waals surface area contributed by atoms with Gasteiger partial charge in [0, 0.05) is 18.9 Å². The molecule has 1 aliphatic heterocycles. The lowest BCUT2D eigenvalue weighted by Gasteiger charge is -2.14. The lowest BCUT2D eigenvalue weighted by atomic mass is 10.1. The molecule has 1 N–H and O–H groups in total. The van der Waals surface area contributed by atoms with Crippen LogP contribution in [0.15, 0.2) is 35.1 Å². The van der Waals surface area contributed by atoms with Crippen LogP contribution in [0.3, 0.4) is 0 Å². The third-order valence-electron chi connectivity index (χ3n) is 3.31. The molecule has 2 rings (SSSR count). The van der Waals surface area contributed by atoms with Crippen LogP contribution >= 0.6 is 11.8 Å². The lowest BCUT2D eigenvalue weighted by molar-refractivity contribution is -0.132. The number of amides is 1. The standard InChI is InChI=1S/C15H15N3O3S/c1-2-18-13(19)12(6-5-10-4-3-7-17-9-10)22-14(18)11(8-16)15(20)21/h3-4,7,9,12H,2,5-6H2,1H3,(H,20,21)/b14-11-. The second-order valence-electron chi connectivity index (χ2n) is 4.69. The molecule has 114 valence electrons. The number of nitriles is 1. The van der Waals surface area contributed by atoms with Gasteiger partial charge >= 0.3 is 5.97 Å². The molecule has 0 radical (unpaired) electrons. The SMILES string of the molecule is CCN1C(=O)C(CCc2cccnc2)S/C1=C(/C#N)C(=O)O. The summed E-state index contributed by atoms with van der Waals surface area (Å²) in [6.45, 7) is 2.11. The van der Waals surface area contributed by atoms with Crippen LogP contribution < -0.4 is 0 Å². The highest BCUT2D eigenvalue weighted by Crippen LogP contribution is 2.39. The molecule has 6 nitrogen and oxygen atoms in total. The number of carbonyl (C=O) groups excluding carboxylic acids is 1. The Labute approximate surface area is 132 Å². The molecular formula is C15H15N3O3S. The smallest absolute Gasteiger partial charge is 0.349 e. The summed E-state index contributed by atoms with van der Waals surface area (Å²) in [5.74, 6) is -1.44. The lowest BCUT2D eigenvalue weighted by Crippen LogP contribution is -2.29. The predicted octanol–water partition coefficient (Wildman–Crippen LogP) is 1.80. The zero-order valence-electron chi connectivity index (χ0n) is 12.0. The molecule has 22 heavy (non-hydrogen) atoms. The van der Waals surface area contributed by atoms with Crippen LogP contribution in [0.2, 0.25) is 0 Å². The minimum absolute atomic E-state index is 0.139. The second kappa shape index (κ2) is 7.09. The van der Waals surface area contributed by atoms with E-state index in [9.17, 15) is 9.59 Å². The molecule has 1 atom stereocenters. The minimum Gasteiger partial charge on any atom is -0.477 e. The fourth-order valence-electron chi connectivity index (χ4n) is 2.23. The molecule has 0 aromatic carbocycles. The summed E-state index contributed by atoms with van der Waals surface area (Å²) >= 11 is 1.16. The Morgan fingerprint density at radius 1 is 1.59 bits per heavy atom. The predicted molar refractivity (Wildman–Crippen MR) is 81.6 cm³/mol. The van der Waals surface area contributed by atoms with Crippen molar-refractivity contribution in [2.75, 3.05) is 6.54 Å². The molecule has 2 heterocycles. The van der Waals surface area contributed by atoms with Gasteiger partial charge in [0.05, 0.1) is 5.25 Å². The van der Waals surface area contributed by atoms with E-state index in [1.165, 1.54) is 4.90 Å². The molecule has 1 saturated heterocycles. The molecule has 1 aliphatic rings. The third kappa shape index (κ3) is 3.28. The number of carboxylic acid groups (broad SMARTS) is 1. The third-order valence-corrected chi connectivity index (χ3v) is 4.68. The van der Waals surface area contributed by atoms with E-state index < -0.39 is 5.97 Å². The fourth-order valence-corrected chi connectivity index (χ4v) is 3.56. The van der Waals surface area contributed by atoms with Crippen molar-refractivity contribution < 1.29 is 14.7 Å². The average molecular weight is 317 g/mol. The summed E-state index contributed by atoms with van der Waals surface area (Å²) in [6, 6.07) is 5.45. The highest BCUT2D eigenvalue weighted by Gasteiger charge is 2.38. The van der Waals surface area contributed by atoms with Crippen molar-refractivity contribution in [3.63, 3.8) is 0 Å². The van der Waals surface area contributed by atoms with Gasteiger partial charge in [-0.25, -0.2) is 4.79 Å².